The zero-order valence-corrected chi connectivity index (χ0v) is 12.8. The number of nitrogens with zero attached hydrogens (tertiary/aromatic N) is 2. The van der Waals surface area contributed by atoms with Crippen molar-refractivity contribution in [1.29, 1.82) is 0 Å². The third-order valence-electron chi connectivity index (χ3n) is 2.36. The van der Waals surface area contributed by atoms with Gasteiger partial charge in [-0.15, -0.1) is 0 Å². The standard InChI is InChI=1S/C5H11N.C2H6N.2CH3.Ta/c1-4-5(2,3)6;1-3-2;;;/h4H2,1-3H3;1-2H3;2*1H3;/q;-1;;;+1. The molecule has 2 nitrogen and oxygen atoms in total. The molecule has 0 heterocycles. The van der Waals surface area contributed by atoms with E-state index in [0.29, 0.717) is 0 Å². The molecule has 0 aromatic carbocycles. The molecule has 0 rings (SSSR count). The molecule has 0 aliphatic carbocycles. The van der Waals surface area contributed by atoms with Crippen LogP contribution in [0.4, 0.5) is 0 Å². The predicted octanol–water partition coefficient (Wildman–Crippen LogP) is 3.09. The normalized spacial score (nSPS) is 13.7. The SMILES string of the molecule is CCC(C)(C)[N]=[Ta]([CH3])([CH3])[N](C)C. The Morgan fingerprint density at radius 1 is 1.25 bits per heavy atom. The summed E-state index contributed by atoms with van der Waals surface area (Å²) in [5.74, 6) is 0. The Balaban J connectivity index is 4.75. The molecule has 0 atom stereocenters. The monoisotopic (exact) mass is 340 g/mol. The number of rotatable bonds is 3. The maximum absolute atomic E-state index is 5.00. The topological polar surface area (TPSA) is 15.6 Å². The first-order valence-corrected chi connectivity index (χ1v) is 13.8. The van der Waals surface area contributed by atoms with Gasteiger partial charge in [-0.3, -0.25) is 0 Å². The molecule has 0 spiro atoms. The van der Waals surface area contributed by atoms with Crippen LogP contribution in [0.15, 0.2) is 3.34 Å². The van der Waals surface area contributed by atoms with E-state index < -0.39 is 17.2 Å². The minimum absolute atomic E-state index is 0.187. The van der Waals surface area contributed by atoms with Crippen LogP contribution in [0.25, 0.3) is 0 Å². The fourth-order valence-electron chi connectivity index (χ4n) is 0.823. The van der Waals surface area contributed by atoms with Crippen molar-refractivity contribution < 1.29 is 17.2 Å². The Morgan fingerprint density at radius 2 is 1.67 bits per heavy atom. The summed E-state index contributed by atoms with van der Waals surface area (Å²) in [6.45, 7) is 6.68. The van der Waals surface area contributed by atoms with E-state index in [1.807, 2.05) is 0 Å². The summed E-state index contributed by atoms with van der Waals surface area (Å²) in [7, 11) is 4.32. The van der Waals surface area contributed by atoms with Gasteiger partial charge < -0.3 is 0 Å². The number of hydrogen-bond acceptors (Lipinski definition) is 1. The quantitative estimate of drug-likeness (QED) is 0.771. The first kappa shape index (κ1) is 12.5. The van der Waals surface area contributed by atoms with Crippen molar-refractivity contribution in [3.63, 3.8) is 0 Å². The zero-order chi connectivity index (χ0) is 9.99. The fourth-order valence-corrected chi connectivity index (χ4v) is 6.73. The van der Waals surface area contributed by atoms with E-state index in [4.69, 9.17) is 3.34 Å². The summed E-state index contributed by atoms with van der Waals surface area (Å²) in [6.07, 6.45) is 1.14. The fraction of sp³-hybridized carbons (Fsp3) is 1.00. The molecular weight excluding hydrogens is 317 g/mol. The third-order valence-corrected chi connectivity index (χ3v) is 13.1. The van der Waals surface area contributed by atoms with E-state index in [1.54, 1.807) is 0 Å². The van der Waals surface area contributed by atoms with Crippen molar-refractivity contribution in [3.05, 3.63) is 0 Å². The Kier molecular flexibility index (Phi) is 4.31. The second kappa shape index (κ2) is 4.14. The predicted molar refractivity (Wildman–Crippen MR) is 52.2 cm³/mol. The summed E-state index contributed by atoms with van der Waals surface area (Å²) in [5, 5.41) is 4.72. The van der Waals surface area contributed by atoms with Crippen LogP contribution in [0.2, 0.25) is 10.3 Å². The molecule has 3 heteroatoms. The van der Waals surface area contributed by atoms with Crippen LogP contribution in [-0.2, 0) is 17.2 Å². The van der Waals surface area contributed by atoms with Crippen LogP contribution in [0.1, 0.15) is 27.2 Å². The molecule has 0 amide bonds. The molecule has 0 aliphatic heterocycles. The van der Waals surface area contributed by atoms with Gasteiger partial charge in [0, 0.05) is 0 Å². The van der Waals surface area contributed by atoms with Gasteiger partial charge in [0.05, 0.1) is 0 Å². The molecule has 0 aromatic rings. The van der Waals surface area contributed by atoms with Gasteiger partial charge in [-0.25, -0.2) is 0 Å². The first-order valence-electron chi connectivity index (χ1n) is 4.47. The van der Waals surface area contributed by atoms with Gasteiger partial charge in [-0.05, 0) is 0 Å². The molecule has 12 heavy (non-hydrogen) atoms. The summed E-state index contributed by atoms with van der Waals surface area (Å²) >= 11 is -2.26. The van der Waals surface area contributed by atoms with Crippen molar-refractivity contribution in [2.75, 3.05) is 14.1 Å². The van der Waals surface area contributed by atoms with Gasteiger partial charge in [-0.1, -0.05) is 0 Å². The Hall–Kier alpha value is 0.500. The second-order valence-electron chi connectivity index (χ2n) is 4.45. The molecule has 0 aromatic heterocycles. The third kappa shape index (κ3) is 3.94. The average Bonchev–Trinajstić information content (AvgIpc) is 1.85. The Bertz CT molecular complexity index is 189. The molecule has 0 radical (unpaired) electrons. The Labute approximate surface area is 81.1 Å². The number of hydrogen-bond donors (Lipinski definition) is 0. The summed E-state index contributed by atoms with van der Waals surface area (Å²) in [5.41, 5.74) is 0.187. The molecule has 0 unspecified atom stereocenters. The molecule has 0 saturated carbocycles. The van der Waals surface area contributed by atoms with E-state index in [1.165, 1.54) is 0 Å². The molecule has 0 saturated heterocycles. The van der Waals surface area contributed by atoms with Crippen molar-refractivity contribution in [3.8, 4) is 0 Å². The average molecular weight is 340 g/mol. The molecule has 74 valence electrons. The summed E-state index contributed by atoms with van der Waals surface area (Å²) in [4.78, 5) is 0. The van der Waals surface area contributed by atoms with Gasteiger partial charge >= 0.3 is 81.0 Å². The van der Waals surface area contributed by atoms with Crippen LogP contribution < -0.4 is 0 Å². The van der Waals surface area contributed by atoms with E-state index in [0.717, 1.165) is 6.42 Å². The molecular formula is C9H23N2Ta. The first-order chi connectivity index (χ1) is 5.21. The van der Waals surface area contributed by atoms with Crippen molar-refractivity contribution in [1.82, 2.24) is 3.30 Å². The van der Waals surface area contributed by atoms with Gasteiger partial charge in [0.1, 0.15) is 0 Å². The zero-order valence-electron chi connectivity index (χ0n) is 9.55. The molecule has 0 aliphatic rings. The van der Waals surface area contributed by atoms with Crippen LogP contribution in [0, 0.1) is 0 Å². The molecule has 0 N–H and O–H groups in total. The Morgan fingerprint density at radius 3 is 1.92 bits per heavy atom. The van der Waals surface area contributed by atoms with E-state index in [9.17, 15) is 0 Å². The van der Waals surface area contributed by atoms with Gasteiger partial charge in [-0.2, -0.15) is 0 Å². The van der Waals surface area contributed by atoms with Gasteiger partial charge in [0.15, 0.2) is 0 Å². The second-order valence-corrected chi connectivity index (χ2v) is 17.6. The van der Waals surface area contributed by atoms with Gasteiger partial charge in [0.25, 0.3) is 0 Å². The van der Waals surface area contributed by atoms with Crippen molar-refractivity contribution in [2.45, 2.75) is 43.0 Å². The molecule has 0 bridgehead atoms. The van der Waals surface area contributed by atoms with Crippen molar-refractivity contribution >= 4 is 0 Å². The van der Waals surface area contributed by atoms with Gasteiger partial charge in [0.2, 0.25) is 0 Å². The van der Waals surface area contributed by atoms with E-state index >= 15 is 0 Å². The summed E-state index contributed by atoms with van der Waals surface area (Å²) in [6, 6.07) is 0. The maximum atomic E-state index is 5.00. The van der Waals surface area contributed by atoms with E-state index in [2.05, 4.69) is 48.5 Å². The van der Waals surface area contributed by atoms with Crippen molar-refractivity contribution in [2.24, 2.45) is 3.34 Å². The molecule has 0 fully saturated rings. The minimum atomic E-state index is -2.26. The van der Waals surface area contributed by atoms with Crippen LogP contribution in [-0.4, -0.2) is 22.9 Å². The summed E-state index contributed by atoms with van der Waals surface area (Å²) < 4.78 is 7.36. The van der Waals surface area contributed by atoms with E-state index in [-0.39, 0.29) is 5.54 Å². The van der Waals surface area contributed by atoms with Crippen LogP contribution >= 0.6 is 0 Å². The van der Waals surface area contributed by atoms with Crippen LogP contribution in [0.5, 0.6) is 0 Å². The van der Waals surface area contributed by atoms with Crippen LogP contribution in [0.3, 0.4) is 0 Å².